The molecule has 0 saturated carbocycles. The summed E-state index contributed by atoms with van der Waals surface area (Å²) < 4.78 is 11.2. The van der Waals surface area contributed by atoms with Gasteiger partial charge in [-0.2, -0.15) is 0 Å². The topological polar surface area (TPSA) is 38.7 Å². The maximum atomic E-state index is 9.15. The summed E-state index contributed by atoms with van der Waals surface area (Å²) in [5, 5.41) is 9.15. The van der Waals surface area contributed by atoms with Crippen molar-refractivity contribution in [1.82, 2.24) is 0 Å². The first-order valence-corrected chi connectivity index (χ1v) is 4.71. The van der Waals surface area contributed by atoms with E-state index in [2.05, 4.69) is 0 Å². The van der Waals surface area contributed by atoms with Crippen LogP contribution in [0, 0.1) is 0 Å². The first-order chi connectivity index (χ1) is 6.60. The van der Waals surface area contributed by atoms with Crippen LogP contribution in [0.3, 0.4) is 0 Å². The van der Waals surface area contributed by atoms with Gasteiger partial charge in [0.25, 0.3) is 0 Å². The summed E-state index contributed by atoms with van der Waals surface area (Å²) in [7, 11) is 0. The summed E-state index contributed by atoms with van der Waals surface area (Å²) in [6, 6.07) is 6.90. The lowest BCUT2D eigenvalue weighted by Gasteiger charge is -2.23. The van der Waals surface area contributed by atoms with Crippen LogP contribution in [0.4, 0.5) is 0 Å². The number of ether oxygens (including phenoxy) is 2. The predicted octanol–water partition coefficient (Wildman–Crippen LogP) is 2.00. The number of phenolic OH excluding ortho intramolecular Hbond substituents is 1. The maximum Gasteiger partial charge on any atom is 0.192 e. The van der Waals surface area contributed by atoms with Gasteiger partial charge in [0.05, 0.1) is 12.7 Å². The van der Waals surface area contributed by atoms with Gasteiger partial charge < -0.3 is 14.6 Å². The smallest absolute Gasteiger partial charge is 0.192 e. The normalized spacial score (nSPS) is 32.0. The molecule has 0 aromatic heterocycles. The van der Waals surface area contributed by atoms with E-state index in [1.165, 1.54) is 0 Å². The fourth-order valence-electron chi connectivity index (χ4n) is 1.64. The highest BCUT2D eigenvalue weighted by molar-refractivity contribution is 5.28. The first-order valence-electron chi connectivity index (χ1n) is 4.71. The molecule has 1 aromatic carbocycles. The van der Waals surface area contributed by atoms with Crippen molar-refractivity contribution in [1.29, 1.82) is 0 Å². The zero-order chi connectivity index (χ0) is 10.2. The average Bonchev–Trinajstić information content (AvgIpc) is 2.48. The molecule has 1 aliphatic rings. The molecule has 1 saturated heterocycles. The van der Waals surface area contributed by atoms with E-state index in [1.54, 1.807) is 12.1 Å². The molecule has 0 radical (unpaired) electrons. The Morgan fingerprint density at radius 2 is 2.00 bits per heavy atom. The third-order valence-corrected chi connectivity index (χ3v) is 2.41. The second-order valence-corrected chi connectivity index (χ2v) is 3.73. The standard InChI is InChI=1S/C11H14O3/c1-8-7-13-11(2,14-8)9-3-5-10(12)6-4-9/h3-6,8,12H,7H2,1-2H3. The third-order valence-electron chi connectivity index (χ3n) is 2.41. The van der Waals surface area contributed by atoms with Crippen molar-refractivity contribution < 1.29 is 14.6 Å². The third kappa shape index (κ3) is 1.61. The second-order valence-electron chi connectivity index (χ2n) is 3.73. The lowest BCUT2D eigenvalue weighted by molar-refractivity contribution is -0.159. The van der Waals surface area contributed by atoms with Crippen molar-refractivity contribution in [3.8, 4) is 5.75 Å². The summed E-state index contributed by atoms with van der Waals surface area (Å²) >= 11 is 0. The van der Waals surface area contributed by atoms with Crippen molar-refractivity contribution in [3.05, 3.63) is 29.8 Å². The molecule has 0 bridgehead atoms. The molecular weight excluding hydrogens is 180 g/mol. The van der Waals surface area contributed by atoms with Crippen LogP contribution in [0.15, 0.2) is 24.3 Å². The van der Waals surface area contributed by atoms with Gasteiger partial charge in [0.2, 0.25) is 0 Å². The molecule has 1 N–H and O–H groups in total. The monoisotopic (exact) mass is 194 g/mol. The van der Waals surface area contributed by atoms with E-state index >= 15 is 0 Å². The van der Waals surface area contributed by atoms with Crippen molar-refractivity contribution >= 4 is 0 Å². The van der Waals surface area contributed by atoms with Crippen molar-refractivity contribution in [2.75, 3.05) is 6.61 Å². The minimum atomic E-state index is -0.660. The molecular formula is C11H14O3. The van der Waals surface area contributed by atoms with Gasteiger partial charge in [-0.1, -0.05) is 0 Å². The first kappa shape index (κ1) is 9.49. The van der Waals surface area contributed by atoms with E-state index in [0.29, 0.717) is 6.61 Å². The van der Waals surface area contributed by atoms with Crippen molar-refractivity contribution in [2.24, 2.45) is 0 Å². The van der Waals surface area contributed by atoms with Gasteiger partial charge in [-0.3, -0.25) is 0 Å². The Morgan fingerprint density at radius 3 is 2.50 bits per heavy atom. The highest BCUT2D eigenvalue weighted by atomic mass is 16.7. The molecule has 1 fully saturated rings. The quantitative estimate of drug-likeness (QED) is 0.743. The van der Waals surface area contributed by atoms with E-state index in [1.807, 2.05) is 26.0 Å². The summed E-state index contributed by atoms with van der Waals surface area (Å²) in [4.78, 5) is 0. The Hall–Kier alpha value is -1.06. The maximum absolute atomic E-state index is 9.15. The van der Waals surface area contributed by atoms with Crippen LogP contribution in [0.5, 0.6) is 5.75 Å². The van der Waals surface area contributed by atoms with E-state index in [0.717, 1.165) is 5.56 Å². The number of phenols is 1. The zero-order valence-electron chi connectivity index (χ0n) is 8.36. The van der Waals surface area contributed by atoms with Crippen LogP contribution < -0.4 is 0 Å². The van der Waals surface area contributed by atoms with Gasteiger partial charge in [-0.05, 0) is 38.1 Å². The largest absolute Gasteiger partial charge is 0.508 e. The van der Waals surface area contributed by atoms with E-state index in [4.69, 9.17) is 14.6 Å². The minimum absolute atomic E-state index is 0.119. The van der Waals surface area contributed by atoms with Crippen LogP contribution in [0.2, 0.25) is 0 Å². The summed E-state index contributed by atoms with van der Waals surface area (Å²) in [6.45, 7) is 4.48. The van der Waals surface area contributed by atoms with Gasteiger partial charge in [0, 0.05) is 5.56 Å². The van der Waals surface area contributed by atoms with E-state index < -0.39 is 5.79 Å². The fourth-order valence-corrected chi connectivity index (χ4v) is 1.64. The molecule has 0 amide bonds. The second kappa shape index (κ2) is 3.26. The van der Waals surface area contributed by atoms with Gasteiger partial charge in [0.1, 0.15) is 5.75 Å². The Bertz CT molecular complexity index is 320. The van der Waals surface area contributed by atoms with Crippen molar-refractivity contribution in [3.63, 3.8) is 0 Å². The molecule has 2 rings (SSSR count). The lowest BCUT2D eigenvalue weighted by Crippen LogP contribution is -2.23. The SMILES string of the molecule is CC1COC(C)(c2ccc(O)cc2)O1. The Kier molecular flexibility index (Phi) is 2.21. The zero-order valence-corrected chi connectivity index (χ0v) is 8.36. The number of hydrogen-bond donors (Lipinski definition) is 1. The molecule has 76 valence electrons. The fraction of sp³-hybridized carbons (Fsp3) is 0.455. The molecule has 3 heteroatoms. The molecule has 1 aliphatic heterocycles. The van der Waals surface area contributed by atoms with Gasteiger partial charge >= 0.3 is 0 Å². The number of benzene rings is 1. The van der Waals surface area contributed by atoms with E-state index in [9.17, 15) is 0 Å². The molecule has 1 aromatic rings. The van der Waals surface area contributed by atoms with Crippen LogP contribution >= 0.6 is 0 Å². The lowest BCUT2D eigenvalue weighted by atomic mass is 10.1. The van der Waals surface area contributed by atoms with Crippen LogP contribution in [0.25, 0.3) is 0 Å². The molecule has 1 heterocycles. The molecule has 2 unspecified atom stereocenters. The van der Waals surface area contributed by atoms with Gasteiger partial charge in [0.15, 0.2) is 5.79 Å². The highest BCUT2D eigenvalue weighted by Crippen LogP contribution is 2.34. The van der Waals surface area contributed by atoms with E-state index in [-0.39, 0.29) is 11.9 Å². The molecule has 0 aliphatic carbocycles. The van der Waals surface area contributed by atoms with Crippen molar-refractivity contribution in [2.45, 2.75) is 25.7 Å². The summed E-state index contributed by atoms with van der Waals surface area (Å²) in [6.07, 6.45) is 0.119. The summed E-state index contributed by atoms with van der Waals surface area (Å²) in [5.41, 5.74) is 0.930. The van der Waals surface area contributed by atoms with Crippen LogP contribution in [0.1, 0.15) is 19.4 Å². The molecule has 0 spiro atoms. The summed E-state index contributed by atoms with van der Waals surface area (Å²) in [5.74, 6) is -0.406. The molecule has 14 heavy (non-hydrogen) atoms. The Balaban J connectivity index is 2.26. The highest BCUT2D eigenvalue weighted by Gasteiger charge is 2.36. The number of rotatable bonds is 1. The Labute approximate surface area is 83.3 Å². The van der Waals surface area contributed by atoms with Crippen LogP contribution in [-0.4, -0.2) is 17.8 Å². The van der Waals surface area contributed by atoms with Gasteiger partial charge in [-0.15, -0.1) is 0 Å². The minimum Gasteiger partial charge on any atom is -0.508 e. The predicted molar refractivity (Wildman–Crippen MR) is 52.0 cm³/mol. The molecule has 2 atom stereocenters. The average molecular weight is 194 g/mol. The number of aromatic hydroxyl groups is 1. The number of hydrogen-bond acceptors (Lipinski definition) is 3. The molecule has 3 nitrogen and oxygen atoms in total. The van der Waals surface area contributed by atoms with Gasteiger partial charge in [-0.25, -0.2) is 0 Å². The Morgan fingerprint density at radius 1 is 1.36 bits per heavy atom. The van der Waals surface area contributed by atoms with Crippen LogP contribution in [-0.2, 0) is 15.3 Å².